The summed E-state index contributed by atoms with van der Waals surface area (Å²) >= 11 is 0. The number of hydrogen-bond donors (Lipinski definition) is 8. The number of aliphatic carboxylic acids is 1. The van der Waals surface area contributed by atoms with Gasteiger partial charge in [0, 0.05) is 42.1 Å². The molecule has 21 nitrogen and oxygen atoms in total. The molecule has 2 aromatic carbocycles. The number of nitrogens with one attached hydrogen (secondary N) is 2. The third-order valence-electron chi connectivity index (χ3n) is 10.8. The summed E-state index contributed by atoms with van der Waals surface area (Å²) in [6.07, 6.45) is -10.5. The monoisotopic (exact) mass is 833 g/mol. The average Bonchev–Trinajstić information content (AvgIpc) is 3.84. The minimum Gasteiger partial charge on any atom is -0.479 e. The smallest absolute Gasteiger partial charge is 0.407 e. The SMILES string of the molecule is CC[C@@]1(O)C(=O)OCc2c1cc1n(c2=O)Cc2c-1nc1cc3c(cc1c2CNC(=O)OCc1ccc(O[C@@H]2OC(C(=O)O)[C@@H](O)C(O)C2O)c(NC(=O)CCN)c1)OCO3. The highest BCUT2D eigenvalue weighted by Gasteiger charge is 2.49. The molecule has 1 fully saturated rings. The number of nitrogens with two attached hydrogens (primary N) is 1. The number of benzene rings is 2. The molecule has 0 aliphatic carbocycles. The van der Waals surface area contributed by atoms with E-state index in [1.807, 2.05) is 0 Å². The fourth-order valence-electron chi connectivity index (χ4n) is 7.60. The van der Waals surface area contributed by atoms with Crippen LogP contribution >= 0.6 is 0 Å². The van der Waals surface area contributed by atoms with Crippen molar-refractivity contribution in [2.45, 2.75) is 82.4 Å². The van der Waals surface area contributed by atoms with Gasteiger partial charge in [0.1, 0.15) is 37.3 Å². The Hall–Kier alpha value is -6.36. The molecule has 9 N–H and O–H groups in total. The van der Waals surface area contributed by atoms with Crippen LogP contribution in [-0.2, 0) is 60.5 Å². The van der Waals surface area contributed by atoms with Crippen molar-refractivity contribution in [3.05, 3.63) is 74.6 Å². The van der Waals surface area contributed by atoms with Gasteiger partial charge in [-0.2, -0.15) is 0 Å². The van der Waals surface area contributed by atoms with Gasteiger partial charge in [0.25, 0.3) is 5.56 Å². The highest BCUT2D eigenvalue weighted by atomic mass is 16.7. The molecule has 0 spiro atoms. The number of aromatic nitrogens is 2. The molecule has 60 heavy (non-hydrogen) atoms. The van der Waals surface area contributed by atoms with Crippen LogP contribution in [0.25, 0.3) is 22.3 Å². The van der Waals surface area contributed by atoms with Gasteiger partial charge < -0.3 is 74.9 Å². The van der Waals surface area contributed by atoms with Crippen molar-refractivity contribution in [1.29, 1.82) is 0 Å². The van der Waals surface area contributed by atoms with E-state index in [1.54, 1.807) is 25.1 Å². The maximum absolute atomic E-state index is 13.9. The first-order valence-corrected chi connectivity index (χ1v) is 18.8. The Bertz CT molecular complexity index is 2510. The van der Waals surface area contributed by atoms with Crippen LogP contribution in [0, 0.1) is 0 Å². The van der Waals surface area contributed by atoms with Crippen molar-refractivity contribution in [2.24, 2.45) is 5.73 Å². The molecule has 0 radical (unpaired) electrons. The molecule has 2 amide bonds. The van der Waals surface area contributed by atoms with Gasteiger partial charge in [-0.3, -0.25) is 9.59 Å². The van der Waals surface area contributed by atoms with Crippen molar-refractivity contribution in [1.82, 2.24) is 14.9 Å². The van der Waals surface area contributed by atoms with E-state index in [9.17, 15) is 49.5 Å². The number of cyclic esters (lactones) is 1. The van der Waals surface area contributed by atoms with Gasteiger partial charge in [-0.05, 0) is 41.8 Å². The van der Waals surface area contributed by atoms with Gasteiger partial charge >= 0.3 is 18.0 Å². The molecule has 4 aliphatic heterocycles. The van der Waals surface area contributed by atoms with Crippen LogP contribution in [0.15, 0.2) is 41.2 Å². The molecule has 3 unspecified atom stereocenters. The van der Waals surface area contributed by atoms with Crippen molar-refractivity contribution < 1.29 is 73.1 Å². The number of anilines is 1. The molecule has 0 bridgehead atoms. The predicted octanol–water partition coefficient (Wildman–Crippen LogP) is -0.207. The summed E-state index contributed by atoms with van der Waals surface area (Å²) in [5, 5.41) is 57.4. The lowest BCUT2D eigenvalue weighted by atomic mass is 9.86. The van der Waals surface area contributed by atoms with Crippen LogP contribution in [0.5, 0.6) is 17.2 Å². The van der Waals surface area contributed by atoms with Gasteiger partial charge in [0.05, 0.1) is 34.7 Å². The summed E-state index contributed by atoms with van der Waals surface area (Å²) in [5.74, 6) is -2.24. The molecular formula is C39H39N5O16. The quantitative estimate of drug-likeness (QED) is 0.0799. The van der Waals surface area contributed by atoms with Gasteiger partial charge in [-0.1, -0.05) is 13.0 Å². The summed E-state index contributed by atoms with van der Waals surface area (Å²) in [4.78, 5) is 68.9. The number of carbonyl (C=O) groups excluding carboxylic acids is 3. The number of ether oxygens (including phenoxy) is 6. The highest BCUT2D eigenvalue weighted by Crippen LogP contribution is 2.43. The maximum Gasteiger partial charge on any atom is 0.407 e. The number of aliphatic hydroxyl groups excluding tert-OH is 3. The van der Waals surface area contributed by atoms with Crippen molar-refractivity contribution in [2.75, 3.05) is 18.7 Å². The number of alkyl carbamates (subject to hydrolysis) is 1. The molecule has 6 heterocycles. The first-order valence-electron chi connectivity index (χ1n) is 18.8. The summed E-state index contributed by atoms with van der Waals surface area (Å²) in [6.45, 7) is 0.893. The number of carboxylic acid groups (broad SMARTS) is 1. The number of rotatable bonds is 11. The average molecular weight is 834 g/mol. The number of carbonyl (C=O) groups is 4. The third kappa shape index (κ3) is 6.99. The lowest BCUT2D eigenvalue weighted by Crippen LogP contribution is -2.61. The van der Waals surface area contributed by atoms with E-state index in [1.165, 1.54) is 22.8 Å². The molecule has 8 rings (SSSR count). The van der Waals surface area contributed by atoms with E-state index in [0.717, 1.165) is 0 Å². The zero-order chi connectivity index (χ0) is 42.6. The number of carboxylic acids is 1. The van der Waals surface area contributed by atoms with Crippen LogP contribution in [0.1, 0.15) is 47.6 Å². The van der Waals surface area contributed by atoms with Gasteiger partial charge in [-0.15, -0.1) is 0 Å². The van der Waals surface area contributed by atoms with Crippen molar-refractivity contribution in [3.63, 3.8) is 0 Å². The van der Waals surface area contributed by atoms with Gasteiger partial charge in [0.15, 0.2) is 23.2 Å². The van der Waals surface area contributed by atoms with Crippen LogP contribution < -0.4 is 36.1 Å². The second-order valence-electron chi connectivity index (χ2n) is 14.4. The number of aliphatic hydroxyl groups is 4. The summed E-state index contributed by atoms with van der Waals surface area (Å²) in [7, 11) is 0. The first kappa shape index (κ1) is 40.4. The normalized spacial score (nSPS) is 23.6. The maximum atomic E-state index is 13.9. The number of nitrogens with zero attached hydrogens (tertiary/aromatic N) is 2. The number of amides is 2. The molecular weight excluding hydrogens is 794 g/mol. The van der Waals surface area contributed by atoms with Crippen molar-refractivity contribution in [3.8, 4) is 28.6 Å². The minimum absolute atomic E-state index is 0.000543. The molecule has 4 aromatic rings. The van der Waals surface area contributed by atoms with Crippen LogP contribution in [0.4, 0.5) is 10.5 Å². The summed E-state index contributed by atoms with van der Waals surface area (Å²) in [6, 6.07) is 9.15. The minimum atomic E-state index is -2.03. The van der Waals surface area contributed by atoms with Gasteiger partial charge in [-0.25, -0.2) is 19.4 Å². The fourth-order valence-corrected chi connectivity index (χ4v) is 7.60. The second kappa shape index (κ2) is 15.7. The van der Waals surface area contributed by atoms with Crippen LogP contribution in [0.2, 0.25) is 0 Å². The van der Waals surface area contributed by atoms with E-state index in [2.05, 4.69) is 10.6 Å². The summed E-state index contributed by atoms with van der Waals surface area (Å²) < 4.78 is 34.3. The molecule has 2 aromatic heterocycles. The molecule has 316 valence electrons. The lowest BCUT2D eigenvalue weighted by Gasteiger charge is -2.38. The van der Waals surface area contributed by atoms with E-state index < -0.39 is 65.8 Å². The molecule has 4 aliphatic rings. The molecule has 0 saturated carbocycles. The zero-order valence-corrected chi connectivity index (χ0v) is 31.7. The van der Waals surface area contributed by atoms with E-state index >= 15 is 0 Å². The van der Waals surface area contributed by atoms with Crippen LogP contribution in [0.3, 0.4) is 0 Å². The van der Waals surface area contributed by atoms with E-state index in [-0.39, 0.29) is 75.0 Å². The lowest BCUT2D eigenvalue weighted by molar-refractivity contribution is -0.271. The number of esters is 1. The van der Waals surface area contributed by atoms with Crippen molar-refractivity contribution >= 4 is 40.5 Å². The first-order chi connectivity index (χ1) is 28.7. The zero-order valence-electron chi connectivity index (χ0n) is 31.7. The number of pyridine rings is 2. The Balaban J connectivity index is 1.04. The van der Waals surface area contributed by atoms with Crippen LogP contribution in [-0.4, -0.2) is 103 Å². The molecule has 1 saturated heterocycles. The van der Waals surface area contributed by atoms with E-state index in [0.29, 0.717) is 50.5 Å². The second-order valence-corrected chi connectivity index (χ2v) is 14.4. The molecule has 6 atom stereocenters. The van der Waals surface area contributed by atoms with E-state index in [4.69, 9.17) is 39.1 Å². The standard InChI is InChI=1S/C39H39N5O16/c1-2-39(54)21-9-24-29-19(12-44(24)34(49)20(21)14-55-37(39)52)18(17-8-26-27(58-15-57-26)10-22(17)43-29)11-41-38(53)56-13-16-3-4-25(23(7-16)42-28(45)5-6-40)59-36-32(48)30(46)31(47)33(60-36)35(50)51/h3-4,7-10,30-33,36,46-48,54H,2,5-6,11-15,40H2,1H3,(H,41,53)(H,42,45)(H,50,51)/t30?,31-,32?,33?,36+,39-/m0/s1. The Kier molecular flexibility index (Phi) is 10.6. The predicted molar refractivity (Wildman–Crippen MR) is 201 cm³/mol. The fraction of sp³-hybridized carbons (Fsp3) is 0.385. The Labute approximate surface area is 338 Å². The number of fused-ring (bicyclic) bond motifs is 6. The highest BCUT2D eigenvalue weighted by molar-refractivity contribution is 5.93. The number of hydrogen-bond acceptors (Lipinski definition) is 17. The third-order valence-corrected chi connectivity index (χ3v) is 10.8. The largest absolute Gasteiger partial charge is 0.479 e. The Morgan fingerprint density at radius 3 is 2.52 bits per heavy atom. The van der Waals surface area contributed by atoms with Gasteiger partial charge in [0.2, 0.25) is 19.0 Å². The topological polar surface area (TPSA) is 310 Å². The Morgan fingerprint density at radius 1 is 1.02 bits per heavy atom. The summed E-state index contributed by atoms with van der Waals surface area (Å²) in [5.41, 5.74) is 6.05. The molecule has 21 heteroatoms. The Morgan fingerprint density at radius 2 is 1.78 bits per heavy atom.